The number of rotatable bonds is 3. The number of carbonyl (C=O) groups excluding carboxylic acids is 1. The number of carbonyl (C=O) groups is 1. The predicted octanol–water partition coefficient (Wildman–Crippen LogP) is 3.43. The van der Waals surface area contributed by atoms with Crippen LogP contribution >= 0.6 is 0 Å². The van der Waals surface area contributed by atoms with Crippen LogP contribution in [0.2, 0.25) is 0 Å². The summed E-state index contributed by atoms with van der Waals surface area (Å²) < 4.78 is 5.62. The van der Waals surface area contributed by atoms with E-state index in [1.807, 2.05) is 37.3 Å². The summed E-state index contributed by atoms with van der Waals surface area (Å²) in [6.07, 6.45) is 0. The molecule has 0 atom stereocenters. The van der Waals surface area contributed by atoms with Gasteiger partial charge >= 0.3 is 0 Å². The van der Waals surface area contributed by atoms with Crippen molar-refractivity contribution in [3.8, 4) is 0 Å². The summed E-state index contributed by atoms with van der Waals surface area (Å²) in [6, 6.07) is 14.9. The zero-order valence-corrected chi connectivity index (χ0v) is 11.2. The molecule has 1 aromatic heterocycles. The van der Waals surface area contributed by atoms with Crippen LogP contribution in [-0.2, 0) is 6.54 Å². The van der Waals surface area contributed by atoms with Crippen LogP contribution in [0.5, 0.6) is 0 Å². The maximum atomic E-state index is 12.4. The van der Waals surface area contributed by atoms with Crippen molar-refractivity contribution in [2.24, 2.45) is 5.73 Å². The van der Waals surface area contributed by atoms with Crippen LogP contribution in [0.1, 0.15) is 27.2 Å². The van der Waals surface area contributed by atoms with E-state index in [4.69, 9.17) is 10.2 Å². The molecule has 0 bridgehead atoms. The minimum atomic E-state index is -0.109. The van der Waals surface area contributed by atoms with Crippen molar-refractivity contribution < 1.29 is 9.21 Å². The lowest BCUT2D eigenvalue weighted by Gasteiger charge is -1.99. The number of hydrogen-bond acceptors (Lipinski definition) is 3. The minimum absolute atomic E-state index is 0.109. The maximum absolute atomic E-state index is 12.4. The Bertz CT molecular complexity index is 769. The van der Waals surface area contributed by atoms with Gasteiger partial charge in [-0.2, -0.15) is 0 Å². The Hall–Kier alpha value is -2.39. The zero-order chi connectivity index (χ0) is 14.1. The molecule has 2 N–H and O–H groups in total. The average Bonchev–Trinajstić information content (AvgIpc) is 2.89. The lowest BCUT2D eigenvalue weighted by Crippen LogP contribution is -2.01. The lowest BCUT2D eigenvalue weighted by molar-refractivity contribution is 0.101. The van der Waals surface area contributed by atoms with E-state index in [-0.39, 0.29) is 5.78 Å². The highest BCUT2D eigenvalue weighted by Gasteiger charge is 2.14. The Morgan fingerprint density at radius 1 is 1.10 bits per heavy atom. The number of benzene rings is 2. The van der Waals surface area contributed by atoms with Crippen LogP contribution in [0.25, 0.3) is 11.0 Å². The van der Waals surface area contributed by atoms with Crippen LogP contribution in [0.4, 0.5) is 0 Å². The molecule has 0 aliphatic rings. The number of hydrogen-bond donors (Lipinski definition) is 1. The van der Waals surface area contributed by atoms with Gasteiger partial charge < -0.3 is 10.2 Å². The molecule has 0 unspecified atom stereocenters. The Balaban J connectivity index is 1.98. The molecular weight excluding hydrogens is 250 g/mol. The van der Waals surface area contributed by atoms with E-state index in [0.717, 1.165) is 22.1 Å². The Labute approximate surface area is 117 Å². The quantitative estimate of drug-likeness (QED) is 0.738. The van der Waals surface area contributed by atoms with Gasteiger partial charge in [0.15, 0.2) is 5.76 Å². The predicted molar refractivity (Wildman–Crippen MR) is 78.7 cm³/mol. The van der Waals surface area contributed by atoms with Gasteiger partial charge in [-0.15, -0.1) is 0 Å². The summed E-state index contributed by atoms with van der Waals surface area (Å²) in [5, 5.41) is 0.951. The van der Waals surface area contributed by atoms with Crippen LogP contribution in [0, 0.1) is 6.92 Å². The van der Waals surface area contributed by atoms with Crippen molar-refractivity contribution in [2.45, 2.75) is 13.5 Å². The van der Waals surface area contributed by atoms with Gasteiger partial charge in [-0.1, -0.05) is 35.9 Å². The summed E-state index contributed by atoms with van der Waals surface area (Å²) in [5.41, 5.74) is 9.04. The van der Waals surface area contributed by atoms with Gasteiger partial charge in [-0.25, -0.2) is 0 Å². The second-order valence-corrected chi connectivity index (χ2v) is 4.88. The van der Waals surface area contributed by atoms with E-state index in [1.54, 1.807) is 18.2 Å². The highest BCUT2D eigenvalue weighted by Crippen LogP contribution is 2.22. The van der Waals surface area contributed by atoms with E-state index in [2.05, 4.69) is 0 Å². The molecule has 0 amide bonds. The monoisotopic (exact) mass is 265 g/mol. The topological polar surface area (TPSA) is 56.2 Å². The fourth-order valence-electron chi connectivity index (χ4n) is 2.21. The van der Waals surface area contributed by atoms with Crippen molar-refractivity contribution >= 4 is 16.8 Å². The summed E-state index contributed by atoms with van der Waals surface area (Å²) in [4.78, 5) is 12.4. The molecule has 0 spiro atoms. The van der Waals surface area contributed by atoms with Gasteiger partial charge in [-0.3, -0.25) is 4.79 Å². The molecule has 1 heterocycles. The number of nitrogens with two attached hydrogens (primary N) is 1. The normalized spacial score (nSPS) is 10.9. The lowest BCUT2D eigenvalue weighted by atomic mass is 10.1. The maximum Gasteiger partial charge on any atom is 0.228 e. The molecule has 0 aliphatic carbocycles. The number of aryl methyl sites for hydroxylation is 1. The van der Waals surface area contributed by atoms with E-state index in [9.17, 15) is 4.79 Å². The fourth-order valence-corrected chi connectivity index (χ4v) is 2.21. The molecule has 0 aliphatic heterocycles. The zero-order valence-electron chi connectivity index (χ0n) is 11.2. The van der Waals surface area contributed by atoms with Gasteiger partial charge in [0.2, 0.25) is 5.78 Å². The highest BCUT2D eigenvalue weighted by molar-refractivity contribution is 6.09. The van der Waals surface area contributed by atoms with Crippen LogP contribution in [0.15, 0.2) is 52.9 Å². The molecule has 2 aromatic carbocycles. The third-order valence-electron chi connectivity index (χ3n) is 3.35. The fraction of sp³-hybridized carbons (Fsp3) is 0.118. The largest absolute Gasteiger partial charge is 0.453 e. The van der Waals surface area contributed by atoms with Gasteiger partial charge in [-0.05, 0) is 30.7 Å². The standard InChI is InChI=1S/C17H15NO2/c1-11-2-7-15-14(8-11)9-16(20-15)17(19)13-5-3-12(10-18)4-6-13/h2-9H,10,18H2,1H3. The van der Waals surface area contributed by atoms with Crippen molar-refractivity contribution in [3.05, 3.63) is 71.0 Å². The smallest absolute Gasteiger partial charge is 0.228 e. The first-order valence-electron chi connectivity index (χ1n) is 6.51. The summed E-state index contributed by atoms with van der Waals surface area (Å²) >= 11 is 0. The van der Waals surface area contributed by atoms with Gasteiger partial charge in [0.1, 0.15) is 5.58 Å². The third kappa shape index (κ3) is 2.24. The van der Waals surface area contributed by atoms with Crippen LogP contribution in [-0.4, -0.2) is 5.78 Å². The average molecular weight is 265 g/mol. The molecule has 0 fully saturated rings. The van der Waals surface area contributed by atoms with E-state index >= 15 is 0 Å². The molecule has 20 heavy (non-hydrogen) atoms. The van der Waals surface area contributed by atoms with Crippen molar-refractivity contribution in [1.82, 2.24) is 0 Å². The number of fused-ring (bicyclic) bond motifs is 1. The summed E-state index contributed by atoms with van der Waals surface area (Å²) in [5.74, 6) is 0.258. The van der Waals surface area contributed by atoms with E-state index in [1.165, 1.54) is 0 Å². The molecule has 3 rings (SSSR count). The van der Waals surface area contributed by atoms with Gasteiger partial charge in [0, 0.05) is 17.5 Å². The first-order valence-corrected chi connectivity index (χ1v) is 6.51. The van der Waals surface area contributed by atoms with Crippen molar-refractivity contribution in [1.29, 1.82) is 0 Å². The van der Waals surface area contributed by atoms with Gasteiger partial charge in [0.05, 0.1) is 0 Å². The molecule has 100 valence electrons. The highest BCUT2D eigenvalue weighted by atomic mass is 16.3. The first kappa shape index (κ1) is 12.6. The van der Waals surface area contributed by atoms with Crippen LogP contribution < -0.4 is 5.73 Å². The van der Waals surface area contributed by atoms with E-state index < -0.39 is 0 Å². The van der Waals surface area contributed by atoms with E-state index in [0.29, 0.717) is 17.9 Å². The molecule has 3 heteroatoms. The van der Waals surface area contributed by atoms with Crippen molar-refractivity contribution in [3.63, 3.8) is 0 Å². The Kier molecular flexibility index (Phi) is 3.12. The Morgan fingerprint density at radius 2 is 1.85 bits per heavy atom. The van der Waals surface area contributed by atoms with Crippen LogP contribution in [0.3, 0.4) is 0 Å². The molecular formula is C17H15NO2. The first-order chi connectivity index (χ1) is 9.67. The second-order valence-electron chi connectivity index (χ2n) is 4.88. The molecule has 3 aromatic rings. The minimum Gasteiger partial charge on any atom is -0.453 e. The molecule has 3 nitrogen and oxygen atoms in total. The number of furan rings is 1. The SMILES string of the molecule is Cc1ccc2oc(C(=O)c3ccc(CN)cc3)cc2c1. The summed E-state index contributed by atoms with van der Waals surface area (Å²) in [6.45, 7) is 2.48. The van der Waals surface area contributed by atoms with Gasteiger partial charge in [0.25, 0.3) is 0 Å². The molecule has 0 saturated heterocycles. The van der Waals surface area contributed by atoms with Crippen molar-refractivity contribution in [2.75, 3.05) is 0 Å². The third-order valence-corrected chi connectivity index (χ3v) is 3.35. The summed E-state index contributed by atoms with van der Waals surface area (Å²) in [7, 11) is 0. The Morgan fingerprint density at radius 3 is 2.55 bits per heavy atom. The second kappa shape index (κ2) is 4.94. The molecule has 0 radical (unpaired) electrons. The molecule has 0 saturated carbocycles. The number of ketones is 1.